The van der Waals surface area contributed by atoms with Crippen LogP contribution in [0.3, 0.4) is 0 Å². The largest absolute Gasteiger partial charge is 0.320 e. The Morgan fingerprint density at radius 3 is 2.11 bits per heavy atom. The van der Waals surface area contributed by atoms with Crippen LogP contribution < -0.4 is 5.32 Å². The first kappa shape index (κ1) is 12.8. The van der Waals surface area contributed by atoms with Gasteiger partial charge in [0.05, 0.1) is 0 Å². The van der Waals surface area contributed by atoms with Gasteiger partial charge in [0.15, 0.2) is 0 Å². The highest BCUT2D eigenvalue weighted by Gasteiger charge is 2.05. The van der Waals surface area contributed by atoms with Crippen LogP contribution in [0.2, 0.25) is 0 Å². The summed E-state index contributed by atoms with van der Waals surface area (Å²) in [5.74, 6) is 0.613. The first-order chi connectivity index (χ1) is 8.81. The average Bonchev–Trinajstić information content (AvgIpc) is 2.46. The molecular formula is C17H21N. The van der Waals surface area contributed by atoms with Crippen molar-refractivity contribution in [1.82, 2.24) is 5.32 Å². The van der Waals surface area contributed by atoms with Crippen molar-refractivity contribution in [3.8, 4) is 11.1 Å². The highest BCUT2D eigenvalue weighted by atomic mass is 14.8. The lowest BCUT2D eigenvalue weighted by atomic mass is 9.95. The van der Waals surface area contributed by atoms with E-state index in [1.165, 1.54) is 23.1 Å². The molecule has 1 atom stereocenters. The van der Waals surface area contributed by atoms with Gasteiger partial charge in [-0.05, 0) is 42.6 Å². The third-order valence-electron chi connectivity index (χ3n) is 3.41. The normalized spacial score (nSPS) is 12.3. The smallest absolute Gasteiger partial charge is 0.00462 e. The Kier molecular flexibility index (Phi) is 4.54. The van der Waals surface area contributed by atoms with E-state index < -0.39 is 0 Å². The second-order valence-corrected chi connectivity index (χ2v) is 4.78. The van der Waals surface area contributed by atoms with Crippen LogP contribution in [-0.4, -0.2) is 13.6 Å². The van der Waals surface area contributed by atoms with E-state index in [1.807, 2.05) is 7.05 Å². The van der Waals surface area contributed by atoms with Gasteiger partial charge in [-0.3, -0.25) is 0 Å². The Balaban J connectivity index is 2.10. The van der Waals surface area contributed by atoms with Crippen molar-refractivity contribution in [1.29, 1.82) is 0 Å². The van der Waals surface area contributed by atoms with Crippen molar-refractivity contribution < 1.29 is 0 Å². The third kappa shape index (κ3) is 3.21. The molecule has 18 heavy (non-hydrogen) atoms. The summed E-state index contributed by atoms with van der Waals surface area (Å²) in [5.41, 5.74) is 4.00. The van der Waals surface area contributed by atoms with E-state index in [2.05, 4.69) is 66.8 Å². The third-order valence-corrected chi connectivity index (χ3v) is 3.41. The van der Waals surface area contributed by atoms with Crippen LogP contribution in [0.25, 0.3) is 11.1 Å². The van der Waals surface area contributed by atoms with Crippen LogP contribution in [0, 0.1) is 0 Å². The molecule has 94 valence electrons. The van der Waals surface area contributed by atoms with Gasteiger partial charge < -0.3 is 5.32 Å². The van der Waals surface area contributed by atoms with Gasteiger partial charge in [0, 0.05) is 0 Å². The van der Waals surface area contributed by atoms with E-state index in [1.54, 1.807) is 0 Å². The van der Waals surface area contributed by atoms with Gasteiger partial charge >= 0.3 is 0 Å². The molecule has 0 aliphatic heterocycles. The molecular weight excluding hydrogens is 218 g/mol. The zero-order valence-corrected chi connectivity index (χ0v) is 11.2. The summed E-state index contributed by atoms with van der Waals surface area (Å²) in [7, 11) is 2.01. The number of hydrogen-bond donors (Lipinski definition) is 1. The summed E-state index contributed by atoms with van der Waals surface area (Å²) < 4.78 is 0. The highest BCUT2D eigenvalue weighted by molar-refractivity contribution is 5.63. The van der Waals surface area contributed by atoms with Crippen molar-refractivity contribution in [3.63, 3.8) is 0 Å². The van der Waals surface area contributed by atoms with Gasteiger partial charge in [-0.1, -0.05) is 61.5 Å². The Morgan fingerprint density at radius 1 is 0.889 bits per heavy atom. The summed E-state index contributed by atoms with van der Waals surface area (Å²) in [6.07, 6.45) is 1.18. The summed E-state index contributed by atoms with van der Waals surface area (Å²) >= 11 is 0. The molecule has 2 rings (SSSR count). The standard InChI is InChI=1S/C17H21N/c1-14(12-13-18-2)15-8-10-17(11-9-15)16-6-4-3-5-7-16/h3-11,14,18H,12-13H2,1-2H3. The fraction of sp³-hybridized carbons (Fsp3) is 0.294. The van der Waals surface area contributed by atoms with E-state index in [0.29, 0.717) is 5.92 Å². The molecule has 1 unspecified atom stereocenters. The Morgan fingerprint density at radius 2 is 1.50 bits per heavy atom. The zero-order valence-electron chi connectivity index (χ0n) is 11.2. The Bertz CT molecular complexity index is 459. The predicted molar refractivity (Wildman–Crippen MR) is 78.8 cm³/mol. The Labute approximate surface area is 110 Å². The van der Waals surface area contributed by atoms with E-state index in [-0.39, 0.29) is 0 Å². The first-order valence-corrected chi connectivity index (χ1v) is 6.61. The van der Waals surface area contributed by atoms with Crippen molar-refractivity contribution in [3.05, 3.63) is 60.2 Å². The molecule has 1 nitrogen and oxygen atoms in total. The summed E-state index contributed by atoms with van der Waals surface area (Å²) in [5, 5.41) is 3.21. The van der Waals surface area contributed by atoms with Gasteiger partial charge in [-0.2, -0.15) is 0 Å². The summed E-state index contributed by atoms with van der Waals surface area (Å²) in [6.45, 7) is 3.36. The second kappa shape index (κ2) is 6.36. The van der Waals surface area contributed by atoms with Gasteiger partial charge in [0.2, 0.25) is 0 Å². The van der Waals surface area contributed by atoms with Gasteiger partial charge in [-0.15, -0.1) is 0 Å². The predicted octanol–water partition coefficient (Wildman–Crippen LogP) is 4.07. The zero-order chi connectivity index (χ0) is 12.8. The molecule has 0 bridgehead atoms. The lowest BCUT2D eigenvalue weighted by Crippen LogP contribution is -2.10. The molecule has 0 aromatic heterocycles. The van der Waals surface area contributed by atoms with Crippen LogP contribution in [0.4, 0.5) is 0 Å². The number of rotatable bonds is 5. The molecule has 0 spiro atoms. The SMILES string of the molecule is CNCCC(C)c1ccc(-c2ccccc2)cc1. The van der Waals surface area contributed by atoms with E-state index in [4.69, 9.17) is 0 Å². The minimum absolute atomic E-state index is 0.613. The molecule has 2 aromatic rings. The van der Waals surface area contributed by atoms with Crippen molar-refractivity contribution in [2.45, 2.75) is 19.3 Å². The van der Waals surface area contributed by atoms with Crippen molar-refractivity contribution in [2.75, 3.05) is 13.6 Å². The fourth-order valence-corrected chi connectivity index (χ4v) is 2.16. The molecule has 0 saturated heterocycles. The maximum Gasteiger partial charge on any atom is -0.00462 e. The number of nitrogens with one attached hydrogen (secondary N) is 1. The Hall–Kier alpha value is -1.60. The van der Waals surface area contributed by atoms with Crippen molar-refractivity contribution >= 4 is 0 Å². The molecule has 2 aromatic carbocycles. The van der Waals surface area contributed by atoms with Gasteiger partial charge in [-0.25, -0.2) is 0 Å². The molecule has 0 heterocycles. The molecule has 0 amide bonds. The number of hydrogen-bond acceptors (Lipinski definition) is 1. The van der Waals surface area contributed by atoms with Crippen molar-refractivity contribution in [2.24, 2.45) is 0 Å². The quantitative estimate of drug-likeness (QED) is 0.829. The van der Waals surface area contributed by atoms with Gasteiger partial charge in [0.1, 0.15) is 0 Å². The molecule has 1 N–H and O–H groups in total. The van der Waals surface area contributed by atoms with Crippen LogP contribution in [0.15, 0.2) is 54.6 Å². The monoisotopic (exact) mass is 239 g/mol. The number of benzene rings is 2. The van der Waals surface area contributed by atoms with E-state index >= 15 is 0 Å². The summed E-state index contributed by atoms with van der Waals surface area (Å²) in [6, 6.07) is 19.5. The van der Waals surface area contributed by atoms with Crippen LogP contribution in [0.5, 0.6) is 0 Å². The maximum atomic E-state index is 3.21. The molecule has 0 aliphatic carbocycles. The fourth-order valence-electron chi connectivity index (χ4n) is 2.16. The molecule has 0 fully saturated rings. The van der Waals surface area contributed by atoms with E-state index in [0.717, 1.165) is 6.54 Å². The molecule has 0 radical (unpaired) electrons. The molecule has 1 heteroatoms. The van der Waals surface area contributed by atoms with E-state index in [9.17, 15) is 0 Å². The maximum absolute atomic E-state index is 3.21. The van der Waals surface area contributed by atoms with Crippen LogP contribution in [0.1, 0.15) is 24.8 Å². The molecule has 0 saturated carbocycles. The highest BCUT2D eigenvalue weighted by Crippen LogP contribution is 2.23. The first-order valence-electron chi connectivity index (χ1n) is 6.61. The van der Waals surface area contributed by atoms with Crippen LogP contribution >= 0.6 is 0 Å². The lowest BCUT2D eigenvalue weighted by Gasteiger charge is -2.12. The average molecular weight is 239 g/mol. The lowest BCUT2D eigenvalue weighted by molar-refractivity contribution is 0.636. The minimum atomic E-state index is 0.613. The minimum Gasteiger partial charge on any atom is -0.320 e. The molecule has 0 aliphatic rings. The topological polar surface area (TPSA) is 12.0 Å². The van der Waals surface area contributed by atoms with Gasteiger partial charge in [0.25, 0.3) is 0 Å². The summed E-state index contributed by atoms with van der Waals surface area (Å²) in [4.78, 5) is 0. The second-order valence-electron chi connectivity index (χ2n) is 4.78. The van der Waals surface area contributed by atoms with Crippen LogP contribution in [-0.2, 0) is 0 Å².